The molecule has 0 radical (unpaired) electrons. The lowest BCUT2D eigenvalue weighted by molar-refractivity contribution is -0.385. The van der Waals surface area contributed by atoms with Crippen LogP contribution in [0.15, 0.2) is 24.3 Å². The molecule has 0 bridgehead atoms. The van der Waals surface area contributed by atoms with Crippen LogP contribution in [-0.2, 0) is 0 Å². The molecule has 0 fully saturated rings. The lowest BCUT2D eigenvalue weighted by Gasteiger charge is -2.06. The fourth-order valence-corrected chi connectivity index (χ4v) is 3.92. The van der Waals surface area contributed by atoms with Gasteiger partial charge in [-0.15, -0.1) is 0 Å². The SMILES string of the molecule is CCCCCCCCCCCCCCCCCCCCOc1ccccc1[N+](=O)[O-]. The minimum absolute atomic E-state index is 0.0555. The van der Waals surface area contributed by atoms with Crippen molar-refractivity contribution in [3.63, 3.8) is 0 Å². The second kappa shape index (κ2) is 19.4. The van der Waals surface area contributed by atoms with Crippen molar-refractivity contribution in [2.75, 3.05) is 6.61 Å². The maximum atomic E-state index is 10.9. The first-order valence-corrected chi connectivity index (χ1v) is 12.6. The van der Waals surface area contributed by atoms with Gasteiger partial charge in [-0.1, -0.05) is 128 Å². The Balaban J connectivity index is 1.80. The predicted octanol–water partition coefficient (Wildman–Crippen LogP) is 9.02. The van der Waals surface area contributed by atoms with Gasteiger partial charge in [0, 0.05) is 6.07 Å². The van der Waals surface area contributed by atoms with Crippen LogP contribution in [0.4, 0.5) is 5.69 Å². The molecule has 0 unspecified atom stereocenters. The van der Waals surface area contributed by atoms with Crippen molar-refractivity contribution in [1.29, 1.82) is 0 Å². The second-order valence-corrected chi connectivity index (χ2v) is 8.58. The normalized spacial score (nSPS) is 11.0. The number of nitro benzene ring substituents is 1. The van der Waals surface area contributed by atoms with E-state index in [0.29, 0.717) is 12.4 Å². The number of rotatable bonds is 21. The zero-order valence-corrected chi connectivity index (χ0v) is 19.4. The average molecular weight is 420 g/mol. The average Bonchev–Trinajstić information content (AvgIpc) is 2.75. The van der Waals surface area contributed by atoms with Crippen LogP contribution in [0.5, 0.6) is 5.75 Å². The molecular weight excluding hydrogens is 374 g/mol. The molecule has 4 nitrogen and oxygen atoms in total. The van der Waals surface area contributed by atoms with Crippen LogP contribution >= 0.6 is 0 Å². The summed E-state index contributed by atoms with van der Waals surface area (Å²) < 4.78 is 5.59. The highest BCUT2D eigenvalue weighted by atomic mass is 16.6. The van der Waals surface area contributed by atoms with Crippen molar-refractivity contribution in [1.82, 2.24) is 0 Å². The van der Waals surface area contributed by atoms with Gasteiger partial charge in [0.25, 0.3) is 0 Å². The molecule has 0 saturated carbocycles. The molecule has 0 aliphatic heterocycles. The van der Waals surface area contributed by atoms with Gasteiger partial charge in [-0.05, 0) is 12.5 Å². The molecule has 0 amide bonds. The molecule has 30 heavy (non-hydrogen) atoms. The third-order valence-corrected chi connectivity index (χ3v) is 5.82. The molecule has 1 aromatic rings. The first-order valence-electron chi connectivity index (χ1n) is 12.6. The van der Waals surface area contributed by atoms with Gasteiger partial charge in [0.05, 0.1) is 11.5 Å². The molecule has 172 valence electrons. The molecule has 0 aliphatic carbocycles. The number of ether oxygens (including phenoxy) is 1. The van der Waals surface area contributed by atoms with E-state index in [9.17, 15) is 10.1 Å². The van der Waals surface area contributed by atoms with Gasteiger partial charge in [-0.2, -0.15) is 0 Å². The summed E-state index contributed by atoms with van der Waals surface area (Å²) in [5, 5.41) is 10.9. The number of hydrogen-bond acceptors (Lipinski definition) is 3. The standard InChI is InChI=1S/C26H45NO3/c1-2-3-4-5-6-7-8-9-10-11-12-13-14-15-16-17-18-21-24-30-26-23-20-19-22-25(26)27(28)29/h19-20,22-23H,2-18,21,24H2,1H3. The maximum absolute atomic E-state index is 10.9. The fraction of sp³-hybridized carbons (Fsp3) is 0.769. The van der Waals surface area contributed by atoms with E-state index in [0.717, 1.165) is 12.8 Å². The van der Waals surface area contributed by atoms with E-state index in [1.807, 2.05) is 0 Å². The zero-order chi connectivity index (χ0) is 21.7. The Bertz CT molecular complexity index is 533. The van der Waals surface area contributed by atoms with Gasteiger partial charge in [-0.25, -0.2) is 0 Å². The third-order valence-electron chi connectivity index (χ3n) is 5.82. The number of unbranched alkanes of at least 4 members (excludes halogenated alkanes) is 17. The molecule has 0 N–H and O–H groups in total. The van der Waals surface area contributed by atoms with Crippen LogP contribution in [0, 0.1) is 10.1 Å². The van der Waals surface area contributed by atoms with Gasteiger partial charge >= 0.3 is 5.69 Å². The molecule has 0 aliphatic rings. The second-order valence-electron chi connectivity index (χ2n) is 8.58. The predicted molar refractivity (Wildman–Crippen MR) is 127 cm³/mol. The van der Waals surface area contributed by atoms with Crippen LogP contribution < -0.4 is 4.74 Å². The number of nitro groups is 1. The van der Waals surface area contributed by atoms with Crippen molar-refractivity contribution in [2.24, 2.45) is 0 Å². The Morgan fingerprint density at radius 3 is 1.50 bits per heavy atom. The topological polar surface area (TPSA) is 52.4 Å². The lowest BCUT2D eigenvalue weighted by Crippen LogP contribution is -2.00. The fourth-order valence-electron chi connectivity index (χ4n) is 3.92. The van der Waals surface area contributed by atoms with E-state index < -0.39 is 0 Å². The van der Waals surface area contributed by atoms with E-state index >= 15 is 0 Å². The molecule has 4 heteroatoms. The first kappa shape index (κ1) is 26.5. The molecule has 0 heterocycles. The van der Waals surface area contributed by atoms with Gasteiger partial charge in [0.1, 0.15) is 0 Å². The van der Waals surface area contributed by atoms with Gasteiger partial charge < -0.3 is 4.74 Å². The molecule has 0 spiro atoms. The van der Waals surface area contributed by atoms with E-state index in [1.165, 1.54) is 109 Å². The summed E-state index contributed by atoms with van der Waals surface area (Å²) in [5.74, 6) is 0.384. The van der Waals surface area contributed by atoms with Crippen LogP contribution in [0.1, 0.15) is 122 Å². The highest BCUT2D eigenvalue weighted by Crippen LogP contribution is 2.26. The summed E-state index contributed by atoms with van der Waals surface area (Å²) in [6, 6.07) is 6.61. The van der Waals surface area contributed by atoms with Crippen LogP contribution in [0.2, 0.25) is 0 Å². The largest absolute Gasteiger partial charge is 0.487 e. The monoisotopic (exact) mass is 419 g/mol. The highest BCUT2D eigenvalue weighted by molar-refractivity contribution is 5.45. The van der Waals surface area contributed by atoms with E-state index in [-0.39, 0.29) is 10.6 Å². The zero-order valence-electron chi connectivity index (χ0n) is 19.4. The summed E-state index contributed by atoms with van der Waals surface area (Å²) in [4.78, 5) is 10.6. The Morgan fingerprint density at radius 2 is 1.07 bits per heavy atom. The van der Waals surface area contributed by atoms with E-state index in [2.05, 4.69) is 6.92 Å². The molecular formula is C26H45NO3. The maximum Gasteiger partial charge on any atom is 0.310 e. The molecule has 0 aromatic heterocycles. The lowest BCUT2D eigenvalue weighted by atomic mass is 10.0. The quantitative estimate of drug-likeness (QED) is 0.113. The van der Waals surface area contributed by atoms with Crippen LogP contribution in [0.25, 0.3) is 0 Å². The summed E-state index contributed by atoms with van der Waals surface area (Å²) in [7, 11) is 0. The minimum atomic E-state index is -0.384. The third kappa shape index (κ3) is 14.4. The smallest absolute Gasteiger partial charge is 0.310 e. The Labute approximate surface area is 184 Å². The number of benzene rings is 1. The summed E-state index contributed by atoms with van der Waals surface area (Å²) in [6.45, 7) is 2.84. The van der Waals surface area contributed by atoms with Gasteiger partial charge in [0.2, 0.25) is 0 Å². The van der Waals surface area contributed by atoms with E-state index in [1.54, 1.807) is 18.2 Å². The molecule has 1 aromatic carbocycles. The number of para-hydroxylation sites is 2. The van der Waals surface area contributed by atoms with Gasteiger partial charge in [-0.3, -0.25) is 10.1 Å². The first-order chi connectivity index (χ1) is 14.8. The minimum Gasteiger partial charge on any atom is -0.487 e. The molecule has 0 saturated heterocycles. The Morgan fingerprint density at radius 1 is 0.667 bits per heavy atom. The summed E-state index contributed by atoms with van der Waals surface area (Å²) in [5.41, 5.74) is 0.0555. The number of nitrogens with zero attached hydrogens (tertiary/aromatic N) is 1. The van der Waals surface area contributed by atoms with Crippen molar-refractivity contribution < 1.29 is 9.66 Å². The van der Waals surface area contributed by atoms with Crippen LogP contribution in [-0.4, -0.2) is 11.5 Å². The highest BCUT2D eigenvalue weighted by Gasteiger charge is 2.12. The van der Waals surface area contributed by atoms with Crippen molar-refractivity contribution in [3.8, 4) is 5.75 Å². The Kier molecular flexibility index (Phi) is 17.1. The van der Waals surface area contributed by atoms with Crippen molar-refractivity contribution >= 4 is 5.69 Å². The van der Waals surface area contributed by atoms with Crippen molar-refractivity contribution in [2.45, 2.75) is 122 Å². The summed E-state index contributed by atoms with van der Waals surface area (Å²) >= 11 is 0. The van der Waals surface area contributed by atoms with Crippen molar-refractivity contribution in [3.05, 3.63) is 34.4 Å². The molecule has 0 atom stereocenters. The number of hydrogen-bond donors (Lipinski definition) is 0. The van der Waals surface area contributed by atoms with E-state index in [4.69, 9.17) is 4.74 Å². The summed E-state index contributed by atoms with van der Waals surface area (Å²) in [6.07, 6.45) is 24.3. The Hall–Kier alpha value is -1.58. The van der Waals surface area contributed by atoms with Gasteiger partial charge in [0.15, 0.2) is 5.75 Å². The van der Waals surface area contributed by atoms with Crippen LogP contribution in [0.3, 0.4) is 0 Å². The molecule has 1 rings (SSSR count).